The third kappa shape index (κ3) is 4.12. The minimum absolute atomic E-state index is 0.0796. The zero-order chi connectivity index (χ0) is 18.7. The number of carbonyl (C=O) groups is 2. The molecular weight excluding hydrogens is 465 g/mol. The van der Waals surface area contributed by atoms with Crippen LogP contribution in [0, 0.1) is 3.57 Å². The summed E-state index contributed by atoms with van der Waals surface area (Å²) < 4.78 is 0.890. The van der Waals surface area contributed by atoms with Gasteiger partial charge in [-0.3, -0.25) is 9.59 Å². The molecule has 2 amide bonds. The molecule has 0 aromatic heterocycles. The molecule has 3 rings (SSSR count). The number of halogens is 2. The predicted octanol–water partition coefficient (Wildman–Crippen LogP) is 3.87. The number of amides is 2. The minimum Gasteiger partial charge on any atom is -0.365 e. The average Bonchev–Trinajstić information content (AvgIpc) is 2.62. The maximum absolute atomic E-state index is 12.7. The highest BCUT2D eigenvalue weighted by Crippen LogP contribution is 2.35. The van der Waals surface area contributed by atoms with Crippen molar-refractivity contribution in [3.05, 3.63) is 56.6 Å². The van der Waals surface area contributed by atoms with Crippen LogP contribution in [0.15, 0.2) is 42.5 Å². The van der Waals surface area contributed by atoms with Crippen LogP contribution in [0.4, 0.5) is 11.4 Å². The SMILES string of the molecule is CC(=O)N1CCN(c2c(Cl)cccc2NC(=O)c2ccccc2I)CC1. The zero-order valence-electron chi connectivity index (χ0n) is 14.3. The second-order valence-corrected chi connectivity index (χ2v) is 7.63. The van der Waals surface area contributed by atoms with E-state index in [1.165, 1.54) is 0 Å². The number of carbonyl (C=O) groups excluding carboxylic acids is 2. The molecule has 0 bridgehead atoms. The number of anilines is 2. The average molecular weight is 484 g/mol. The monoisotopic (exact) mass is 483 g/mol. The smallest absolute Gasteiger partial charge is 0.256 e. The van der Waals surface area contributed by atoms with E-state index in [2.05, 4.69) is 32.8 Å². The lowest BCUT2D eigenvalue weighted by atomic mass is 10.1. The summed E-state index contributed by atoms with van der Waals surface area (Å²) in [5.74, 6) is -0.0862. The summed E-state index contributed by atoms with van der Waals surface area (Å²) in [4.78, 5) is 28.2. The van der Waals surface area contributed by atoms with Gasteiger partial charge >= 0.3 is 0 Å². The van der Waals surface area contributed by atoms with E-state index in [0.717, 1.165) is 9.26 Å². The highest BCUT2D eigenvalue weighted by atomic mass is 127. The van der Waals surface area contributed by atoms with E-state index in [1.54, 1.807) is 13.0 Å². The van der Waals surface area contributed by atoms with Gasteiger partial charge in [0, 0.05) is 36.7 Å². The number of nitrogens with zero attached hydrogens (tertiary/aromatic N) is 2. The molecule has 7 heteroatoms. The van der Waals surface area contributed by atoms with Crippen molar-refractivity contribution in [3.63, 3.8) is 0 Å². The molecule has 0 atom stereocenters. The Kier molecular flexibility index (Phi) is 6.03. The highest BCUT2D eigenvalue weighted by Gasteiger charge is 2.23. The Labute approximate surface area is 171 Å². The van der Waals surface area contributed by atoms with Crippen LogP contribution in [-0.2, 0) is 4.79 Å². The molecule has 5 nitrogen and oxygen atoms in total. The van der Waals surface area contributed by atoms with Gasteiger partial charge in [0.25, 0.3) is 5.91 Å². The number of piperazine rings is 1. The number of hydrogen-bond acceptors (Lipinski definition) is 3. The Morgan fingerprint density at radius 2 is 1.73 bits per heavy atom. The summed E-state index contributed by atoms with van der Waals surface area (Å²) in [6, 6.07) is 12.9. The maximum Gasteiger partial charge on any atom is 0.256 e. The van der Waals surface area contributed by atoms with E-state index in [0.29, 0.717) is 42.5 Å². The first-order valence-electron chi connectivity index (χ1n) is 8.32. The third-order valence-electron chi connectivity index (χ3n) is 4.39. The lowest BCUT2D eigenvalue weighted by Gasteiger charge is -2.37. The molecule has 0 aliphatic carbocycles. The van der Waals surface area contributed by atoms with Crippen LogP contribution in [0.5, 0.6) is 0 Å². The first kappa shape index (κ1) is 19.0. The van der Waals surface area contributed by atoms with E-state index < -0.39 is 0 Å². The molecule has 0 saturated carbocycles. The van der Waals surface area contributed by atoms with E-state index in [-0.39, 0.29) is 11.8 Å². The van der Waals surface area contributed by atoms with Gasteiger partial charge in [-0.1, -0.05) is 29.8 Å². The van der Waals surface area contributed by atoms with Crippen molar-refractivity contribution in [2.24, 2.45) is 0 Å². The largest absolute Gasteiger partial charge is 0.365 e. The molecule has 2 aromatic rings. The Morgan fingerprint density at radius 3 is 2.38 bits per heavy atom. The Bertz CT molecular complexity index is 835. The van der Waals surface area contributed by atoms with Crippen LogP contribution in [-0.4, -0.2) is 42.9 Å². The predicted molar refractivity (Wildman–Crippen MR) is 113 cm³/mol. The van der Waals surface area contributed by atoms with Crippen LogP contribution < -0.4 is 10.2 Å². The molecule has 1 saturated heterocycles. The Hall–Kier alpha value is -1.80. The molecule has 1 heterocycles. The topological polar surface area (TPSA) is 52.7 Å². The molecule has 2 aromatic carbocycles. The first-order valence-corrected chi connectivity index (χ1v) is 9.78. The van der Waals surface area contributed by atoms with Gasteiger partial charge in [-0.25, -0.2) is 0 Å². The quantitative estimate of drug-likeness (QED) is 0.675. The van der Waals surface area contributed by atoms with Crippen LogP contribution >= 0.6 is 34.2 Å². The number of para-hydroxylation sites is 1. The van der Waals surface area contributed by atoms with E-state index in [9.17, 15) is 9.59 Å². The minimum atomic E-state index is -0.166. The highest BCUT2D eigenvalue weighted by molar-refractivity contribution is 14.1. The van der Waals surface area contributed by atoms with E-state index >= 15 is 0 Å². The van der Waals surface area contributed by atoms with Crippen molar-refractivity contribution in [1.82, 2.24) is 4.90 Å². The van der Waals surface area contributed by atoms with Gasteiger partial charge in [0.15, 0.2) is 0 Å². The van der Waals surface area contributed by atoms with Crippen molar-refractivity contribution in [2.45, 2.75) is 6.92 Å². The summed E-state index contributed by atoms with van der Waals surface area (Å²) in [5, 5.41) is 3.57. The third-order valence-corrected chi connectivity index (χ3v) is 5.64. The Balaban J connectivity index is 1.83. The summed E-state index contributed by atoms with van der Waals surface area (Å²) in [5.41, 5.74) is 2.11. The summed E-state index contributed by atoms with van der Waals surface area (Å²) in [7, 11) is 0. The zero-order valence-corrected chi connectivity index (χ0v) is 17.3. The number of nitrogens with one attached hydrogen (secondary N) is 1. The number of benzene rings is 2. The fraction of sp³-hybridized carbons (Fsp3) is 0.263. The molecule has 1 N–H and O–H groups in total. The normalized spacial score (nSPS) is 14.3. The fourth-order valence-electron chi connectivity index (χ4n) is 3.02. The Morgan fingerprint density at radius 1 is 1.04 bits per heavy atom. The lowest BCUT2D eigenvalue weighted by Crippen LogP contribution is -2.48. The van der Waals surface area contributed by atoms with Crippen LogP contribution in [0.1, 0.15) is 17.3 Å². The van der Waals surface area contributed by atoms with Gasteiger partial charge in [0.1, 0.15) is 0 Å². The molecular formula is C19H19ClIN3O2. The fourth-order valence-corrected chi connectivity index (χ4v) is 3.94. The molecule has 136 valence electrons. The second kappa shape index (κ2) is 8.26. The maximum atomic E-state index is 12.7. The van der Waals surface area contributed by atoms with Crippen LogP contribution in [0.2, 0.25) is 5.02 Å². The standard InChI is InChI=1S/C19H19ClIN3O2/c1-13(25)23-9-11-24(12-10-23)18-15(20)6-4-8-17(18)22-19(26)14-5-2-3-7-16(14)21/h2-8H,9-12H2,1H3,(H,22,26). The van der Waals surface area contributed by atoms with Gasteiger partial charge in [-0.05, 0) is 46.9 Å². The van der Waals surface area contributed by atoms with E-state index in [4.69, 9.17) is 11.6 Å². The van der Waals surface area contributed by atoms with Crippen molar-refractivity contribution >= 4 is 57.4 Å². The molecule has 0 radical (unpaired) electrons. The summed E-state index contributed by atoms with van der Waals surface area (Å²) in [6.45, 7) is 4.22. The molecule has 1 fully saturated rings. The van der Waals surface area contributed by atoms with Crippen molar-refractivity contribution in [3.8, 4) is 0 Å². The van der Waals surface area contributed by atoms with Gasteiger partial charge in [-0.15, -0.1) is 0 Å². The van der Waals surface area contributed by atoms with Gasteiger partial charge < -0.3 is 15.1 Å². The molecule has 1 aliphatic heterocycles. The van der Waals surface area contributed by atoms with Crippen LogP contribution in [0.25, 0.3) is 0 Å². The van der Waals surface area contributed by atoms with E-state index in [1.807, 2.05) is 41.3 Å². The van der Waals surface area contributed by atoms with Crippen molar-refractivity contribution < 1.29 is 9.59 Å². The number of rotatable bonds is 3. The second-order valence-electron chi connectivity index (χ2n) is 6.06. The first-order chi connectivity index (χ1) is 12.5. The summed E-state index contributed by atoms with van der Waals surface area (Å²) >= 11 is 8.60. The van der Waals surface area contributed by atoms with Gasteiger partial charge in [0.2, 0.25) is 5.91 Å². The van der Waals surface area contributed by atoms with Gasteiger partial charge in [-0.2, -0.15) is 0 Å². The molecule has 0 unspecified atom stereocenters. The van der Waals surface area contributed by atoms with Crippen LogP contribution in [0.3, 0.4) is 0 Å². The van der Waals surface area contributed by atoms with Crippen molar-refractivity contribution in [2.75, 3.05) is 36.4 Å². The molecule has 1 aliphatic rings. The van der Waals surface area contributed by atoms with Gasteiger partial charge in [0.05, 0.1) is 22.0 Å². The number of hydrogen-bond donors (Lipinski definition) is 1. The molecule has 0 spiro atoms. The summed E-state index contributed by atoms with van der Waals surface area (Å²) in [6.07, 6.45) is 0. The molecule has 26 heavy (non-hydrogen) atoms. The lowest BCUT2D eigenvalue weighted by molar-refractivity contribution is -0.129. The van der Waals surface area contributed by atoms with Crippen molar-refractivity contribution in [1.29, 1.82) is 0 Å².